The molecule has 13 rings (SSSR count). The Morgan fingerprint density at radius 1 is 0.466 bits per heavy atom. The lowest BCUT2D eigenvalue weighted by atomic mass is 9.83. The number of ether oxygens (including phenoxy) is 14. The van der Waals surface area contributed by atoms with Gasteiger partial charge >= 0.3 is 30.5 Å². The van der Waals surface area contributed by atoms with Gasteiger partial charge in [0.25, 0.3) is 0 Å². The molecule has 4 heterocycles. The first-order chi connectivity index (χ1) is 57.1. The van der Waals surface area contributed by atoms with Crippen LogP contribution in [0.25, 0.3) is 0 Å². The molecule has 4 aliphatic heterocycles. The van der Waals surface area contributed by atoms with Crippen LogP contribution in [0.4, 0.5) is 24.0 Å². The number of hydrogen-bond acceptors (Lipinski definition) is 25. The number of hydrogen-bond donors (Lipinski definition) is 10. The molecule has 3 aliphatic carbocycles. The Hall–Kier alpha value is -8.71. The van der Waals surface area contributed by atoms with Gasteiger partial charge in [-0.15, -0.1) is 0 Å². The Kier molecular flexibility index (Phi) is 30.6. The van der Waals surface area contributed by atoms with E-state index in [1.807, 2.05) is 49.5 Å². The zero-order chi connectivity index (χ0) is 82.7. The molecule has 0 radical (unpaired) electrons. The molecule has 118 heavy (non-hydrogen) atoms. The second-order valence-electron chi connectivity index (χ2n) is 32.7. The van der Waals surface area contributed by atoms with Crippen LogP contribution in [-0.2, 0) is 104 Å². The standard InChI is InChI=1S/C87H112N6O24Si/c1-87(2,3)118(4,5)110-52-66-75(116-79-67(92-85(101)108-49-56-30-18-9-19-31-56)71(96)70(95)64(111-79)45-89-82(98)105-46-53-24-12-6-13-25-53)77(103-41-40-88-39-38-61-43-58-36-37-60(61)42-58)81(113-66)117-76-69(94)62(90-83(99)106-47-54-26-14-7-15-27-54)44-63(91-84(100)107-48-55-28-16-8-17-29-55)73(76)114-80-68(93-86(102)109-50-57-32-20-10-21-33-57)72(97)74-65(112-80)51-104-78(115-74)59-34-22-11-23-35-59/h6-35,58,60-81,88,94-97H,36-52H2,1-5H3,(H,89,98)(H,90,99)(H,91,100)(H,92,101)(H,93,102)/t58-,60+,61?,62-,63+,64+,65-,66-,67-,68-,69+,70-,71-,72-,73-,74-,75-,76-,77-,78?,79-,80-,81+/m1/s1. The Bertz CT molecular complexity index is 4120. The van der Waals surface area contributed by atoms with E-state index in [0.717, 1.165) is 12.3 Å². The minimum atomic E-state index is -2.80. The second-order valence-corrected chi connectivity index (χ2v) is 37.5. The summed E-state index contributed by atoms with van der Waals surface area (Å²) in [6.07, 6.45) is -24.4. The van der Waals surface area contributed by atoms with Crippen LogP contribution in [0.1, 0.15) is 99.0 Å². The fourth-order valence-corrected chi connectivity index (χ4v) is 17.1. The van der Waals surface area contributed by atoms with Gasteiger partial charge in [-0.05, 0) is 102 Å². The van der Waals surface area contributed by atoms with Gasteiger partial charge in [-0.3, -0.25) is 0 Å². The summed E-state index contributed by atoms with van der Waals surface area (Å²) in [5.41, 5.74) is 3.90. The number of nitrogens with one attached hydrogen (secondary N) is 6. The van der Waals surface area contributed by atoms with Crippen molar-refractivity contribution in [3.63, 3.8) is 0 Å². The van der Waals surface area contributed by atoms with E-state index in [2.05, 4.69) is 52.7 Å². The number of aliphatic hydroxyl groups excluding tert-OH is 4. The van der Waals surface area contributed by atoms with Gasteiger partial charge in [0.15, 0.2) is 33.5 Å². The van der Waals surface area contributed by atoms with Crippen molar-refractivity contribution in [1.82, 2.24) is 31.9 Å². The molecule has 3 saturated carbocycles. The molecule has 6 aromatic rings. The first kappa shape index (κ1) is 87.1. The third-order valence-electron chi connectivity index (χ3n) is 23.5. The lowest BCUT2D eigenvalue weighted by molar-refractivity contribution is -0.358. The number of carbonyl (C=O) groups excluding carboxylic acids is 5. The first-order valence-electron chi connectivity index (χ1n) is 40.8. The van der Waals surface area contributed by atoms with Gasteiger partial charge in [0.05, 0.1) is 31.9 Å². The van der Waals surface area contributed by atoms with Gasteiger partial charge < -0.3 is 123 Å². The molecule has 10 N–H and O–H groups in total. The minimum absolute atomic E-state index is 0.0559. The highest BCUT2D eigenvalue weighted by Crippen LogP contribution is 2.50. The van der Waals surface area contributed by atoms with E-state index < -0.39 is 173 Å². The van der Waals surface area contributed by atoms with E-state index >= 15 is 0 Å². The summed E-state index contributed by atoms with van der Waals surface area (Å²) in [6.45, 7) is 9.37. The van der Waals surface area contributed by atoms with Crippen molar-refractivity contribution in [2.24, 2.45) is 17.8 Å². The summed E-state index contributed by atoms with van der Waals surface area (Å²) in [6, 6.07) is 47.6. The van der Waals surface area contributed by atoms with Crippen LogP contribution in [0, 0.1) is 17.8 Å². The Morgan fingerprint density at radius 2 is 0.941 bits per heavy atom. The molecule has 30 nitrogen and oxygen atoms in total. The number of benzene rings is 6. The van der Waals surface area contributed by atoms with E-state index in [0.29, 0.717) is 51.8 Å². The summed E-state index contributed by atoms with van der Waals surface area (Å²) < 4.78 is 98.1. The zero-order valence-electron chi connectivity index (χ0n) is 67.1. The number of rotatable bonds is 33. The van der Waals surface area contributed by atoms with E-state index in [9.17, 15) is 44.4 Å². The van der Waals surface area contributed by atoms with Crippen molar-refractivity contribution in [1.29, 1.82) is 0 Å². The van der Waals surface area contributed by atoms with Crippen LogP contribution in [0.15, 0.2) is 182 Å². The lowest BCUT2D eigenvalue weighted by Gasteiger charge is -2.51. The monoisotopic (exact) mass is 1650 g/mol. The predicted octanol–water partition coefficient (Wildman–Crippen LogP) is 9.21. The fraction of sp³-hybridized carbons (Fsp3) is 0.529. The summed E-state index contributed by atoms with van der Waals surface area (Å²) in [7, 11) is -2.80. The normalized spacial score (nSPS) is 30.5. The van der Waals surface area contributed by atoms with Gasteiger partial charge in [-0.1, -0.05) is 209 Å². The van der Waals surface area contributed by atoms with Gasteiger partial charge in [-0.2, -0.15) is 0 Å². The molecule has 23 atom stereocenters. The smallest absolute Gasteiger partial charge is 0.407 e. The van der Waals surface area contributed by atoms with Crippen LogP contribution in [0.2, 0.25) is 18.1 Å². The highest BCUT2D eigenvalue weighted by molar-refractivity contribution is 6.74. The maximum absolute atomic E-state index is 14.7. The molecule has 2 unspecified atom stereocenters. The summed E-state index contributed by atoms with van der Waals surface area (Å²) in [5, 5.41) is 67.9. The molecular formula is C87H112N6O24Si. The molecule has 0 aromatic heterocycles. The Morgan fingerprint density at radius 3 is 1.46 bits per heavy atom. The molecule has 2 bridgehead atoms. The number of alkyl carbamates (subject to hydrolysis) is 5. The largest absolute Gasteiger partial charge is 0.445 e. The van der Waals surface area contributed by atoms with Gasteiger partial charge in [0.2, 0.25) is 0 Å². The maximum atomic E-state index is 14.7. The lowest BCUT2D eigenvalue weighted by Crippen LogP contribution is -2.71. The van der Waals surface area contributed by atoms with E-state index in [-0.39, 0.29) is 65.8 Å². The van der Waals surface area contributed by atoms with Gasteiger partial charge in [0, 0.05) is 18.7 Å². The summed E-state index contributed by atoms with van der Waals surface area (Å²) in [4.78, 5) is 71.2. The minimum Gasteiger partial charge on any atom is -0.445 e. The topological polar surface area (TPSA) is 377 Å². The molecule has 31 heteroatoms. The summed E-state index contributed by atoms with van der Waals surface area (Å²) >= 11 is 0. The zero-order valence-corrected chi connectivity index (χ0v) is 68.1. The maximum Gasteiger partial charge on any atom is 0.407 e. The van der Waals surface area contributed by atoms with Crippen LogP contribution < -0.4 is 31.9 Å². The quantitative estimate of drug-likeness (QED) is 0.0104. The van der Waals surface area contributed by atoms with Crippen molar-refractivity contribution >= 4 is 38.8 Å². The van der Waals surface area contributed by atoms with Crippen LogP contribution in [0.5, 0.6) is 0 Å². The molecule has 7 fully saturated rings. The van der Waals surface area contributed by atoms with Crippen molar-refractivity contribution in [2.45, 2.75) is 233 Å². The molecule has 4 saturated heterocycles. The highest BCUT2D eigenvalue weighted by atomic mass is 28.4. The Labute approximate surface area is 688 Å². The van der Waals surface area contributed by atoms with Crippen molar-refractivity contribution in [2.75, 3.05) is 39.5 Å². The number of carbonyl (C=O) groups is 5. The van der Waals surface area contributed by atoms with Gasteiger partial charge in [-0.25, -0.2) is 24.0 Å². The Balaban J connectivity index is 0.878. The third kappa shape index (κ3) is 23.5. The third-order valence-corrected chi connectivity index (χ3v) is 28.0. The van der Waals surface area contributed by atoms with E-state index in [4.69, 9.17) is 70.7 Å². The van der Waals surface area contributed by atoms with E-state index in [1.54, 1.807) is 146 Å². The predicted molar refractivity (Wildman–Crippen MR) is 427 cm³/mol. The first-order valence-corrected chi connectivity index (χ1v) is 43.7. The molecule has 7 aliphatic rings. The molecule has 0 spiro atoms. The van der Waals surface area contributed by atoms with Gasteiger partial charge in [0.1, 0.15) is 118 Å². The number of amides is 5. The number of fused-ring (bicyclic) bond motifs is 3. The van der Waals surface area contributed by atoms with Crippen molar-refractivity contribution in [3.05, 3.63) is 215 Å². The average Bonchev–Trinajstić information content (AvgIpc) is 0.918. The SMILES string of the molecule is CC(C)(C)[Si](C)(C)OC[C@H]1O[C@@H](O[C@@H]2[C@@H](O)[C@H](NC(=O)OCc3ccccc3)C[C@H](NC(=O)OCc3ccccc3)[C@H]2O[C@H]2O[C@@H]3COC(c4ccccc4)O[C@H]3[C@H](O)[C@H]2NC(=O)OCc2ccccc2)[C@H](OCCNCCC2C[C@@H]3CC[C@H]2C3)[C@@H]1O[C@H]1O[C@@H](CNC(=O)OCc2ccccc2)[C@@H](O)[C@H](O)[C@H]1NC(=O)OCc1ccccc1. The van der Waals surface area contributed by atoms with E-state index in [1.165, 1.54) is 25.7 Å². The van der Waals surface area contributed by atoms with Crippen molar-refractivity contribution < 1.29 is 115 Å². The summed E-state index contributed by atoms with van der Waals surface area (Å²) in [5.74, 6) is 2.00. The van der Waals surface area contributed by atoms with Crippen LogP contribution in [0.3, 0.4) is 0 Å². The second kappa shape index (κ2) is 41.5. The van der Waals surface area contributed by atoms with Crippen molar-refractivity contribution in [3.8, 4) is 0 Å². The van der Waals surface area contributed by atoms with Crippen LogP contribution >= 0.6 is 0 Å². The molecular weight excluding hydrogens is 1540 g/mol. The molecule has 6 aromatic carbocycles. The number of aliphatic hydroxyl groups is 4. The van der Waals surface area contributed by atoms with Crippen LogP contribution in [-0.4, -0.2) is 215 Å². The molecule has 638 valence electrons. The molecule has 5 amide bonds. The highest BCUT2D eigenvalue weighted by Gasteiger charge is 2.59. The fourth-order valence-electron chi connectivity index (χ4n) is 16.1. The average molecular weight is 1650 g/mol.